The lowest BCUT2D eigenvalue weighted by Gasteiger charge is -2.18. The van der Waals surface area contributed by atoms with Gasteiger partial charge in [0.25, 0.3) is 0 Å². The van der Waals surface area contributed by atoms with Crippen molar-refractivity contribution in [2.75, 3.05) is 6.54 Å². The maximum absolute atomic E-state index is 5.68. The van der Waals surface area contributed by atoms with E-state index in [0.717, 1.165) is 25.1 Å². The van der Waals surface area contributed by atoms with Crippen LogP contribution in [-0.2, 0) is 19.3 Å². The third kappa shape index (κ3) is 1.84. The highest BCUT2D eigenvalue weighted by Gasteiger charge is 2.28. The molecule has 2 aliphatic rings. The number of rotatable bonds is 3. The Hall–Kier alpha value is -0.960. The van der Waals surface area contributed by atoms with Gasteiger partial charge in [0.1, 0.15) is 5.82 Å². The lowest BCUT2D eigenvalue weighted by molar-refractivity contribution is 0.639. The highest BCUT2D eigenvalue weighted by atomic mass is 14.9. The first-order chi connectivity index (χ1) is 7.88. The number of nitrogens with two attached hydrogens (primary N) is 1. The van der Waals surface area contributed by atoms with Crippen LogP contribution >= 0.6 is 0 Å². The quantitative estimate of drug-likeness (QED) is 0.839. The minimum Gasteiger partial charge on any atom is -0.330 e. The molecule has 0 radical (unpaired) electrons. The number of fused-ring (bicyclic) bond motifs is 1. The molecule has 0 bridgehead atoms. The van der Waals surface area contributed by atoms with E-state index in [-0.39, 0.29) is 0 Å². The van der Waals surface area contributed by atoms with E-state index >= 15 is 0 Å². The number of aromatic nitrogens is 2. The Kier molecular flexibility index (Phi) is 2.64. The molecule has 1 aromatic heterocycles. The molecule has 1 saturated carbocycles. The molecule has 0 spiro atoms. The van der Waals surface area contributed by atoms with Crippen LogP contribution in [0.25, 0.3) is 0 Å². The third-order valence-electron chi connectivity index (χ3n) is 3.61. The van der Waals surface area contributed by atoms with E-state index in [4.69, 9.17) is 15.7 Å². The molecule has 86 valence electrons. The molecular formula is C13H19N3. The molecular weight excluding hydrogens is 198 g/mol. The molecule has 2 aliphatic carbocycles. The van der Waals surface area contributed by atoms with Crippen LogP contribution < -0.4 is 5.73 Å². The van der Waals surface area contributed by atoms with Crippen LogP contribution in [0, 0.1) is 0 Å². The lowest BCUT2D eigenvalue weighted by atomic mass is 9.93. The Balaban J connectivity index is 2.01. The van der Waals surface area contributed by atoms with Gasteiger partial charge in [-0.3, -0.25) is 0 Å². The van der Waals surface area contributed by atoms with E-state index in [9.17, 15) is 0 Å². The van der Waals surface area contributed by atoms with Gasteiger partial charge in [-0.05, 0) is 50.6 Å². The minimum atomic E-state index is 0.656. The number of hydrogen-bond acceptors (Lipinski definition) is 3. The van der Waals surface area contributed by atoms with Crippen LogP contribution in [0.2, 0.25) is 0 Å². The van der Waals surface area contributed by atoms with Crippen molar-refractivity contribution in [3.63, 3.8) is 0 Å². The summed E-state index contributed by atoms with van der Waals surface area (Å²) in [6.45, 7) is 0.702. The van der Waals surface area contributed by atoms with Crippen molar-refractivity contribution in [1.82, 2.24) is 9.97 Å². The molecule has 1 aromatic rings. The zero-order valence-electron chi connectivity index (χ0n) is 9.71. The molecule has 0 aliphatic heterocycles. The van der Waals surface area contributed by atoms with Crippen molar-refractivity contribution >= 4 is 0 Å². The molecule has 0 unspecified atom stereocenters. The van der Waals surface area contributed by atoms with Gasteiger partial charge in [-0.1, -0.05) is 0 Å². The summed E-state index contributed by atoms with van der Waals surface area (Å²) in [5.74, 6) is 1.76. The summed E-state index contributed by atoms with van der Waals surface area (Å²) >= 11 is 0. The normalized spacial score (nSPS) is 19.6. The molecule has 0 atom stereocenters. The van der Waals surface area contributed by atoms with E-state index in [2.05, 4.69) is 0 Å². The fraction of sp³-hybridized carbons (Fsp3) is 0.692. The molecule has 16 heavy (non-hydrogen) atoms. The smallest absolute Gasteiger partial charge is 0.131 e. The zero-order chi connectivity index (χ0) is 11.0. The average Bonchev–Trinajstić information content (AvgIpc) is 3.13. The maximum atomic E-state index is 5.68. The molecule has 0 amide bonds. The molecule has 1 fully saturated rings. The van der Waals surface area contributed by atoms with Gasteiger partial charge in [-0.25, -0.2) is 9.97 Å². The van der Waals surface area contributed by atoms with Gasteiger partial charge in [-0.15, -0.1) is 0 Å². The first-order valence-electron chi connectivity index (χ1n) is 6.47. The number of hydrogen-bond donors (Lipinski definition) is 1. The summed E-state index contributed by atoms with van der Waals surface area (Å²) in [7, 11) is 0. The molecule has 1 heterocycles. The van der Waals surface area contributed by atoms with E-state index in [1.165, 1.54) is 42.6 Å². The molecule has 3 heteroatoms. The topological polar surface area (TPSA) is 51.8 Å². The minimum absolute atomic E-state index is 0.656. The standard InChI is InChI=1S/C13H19N3/c14-8-7-12-10-3-1-2-4-11(10)15-13(16-12)9-5-6-9/h9H,1-8,14H2. The van der Waals surface area contributed by atoms with Crippen LogP contribution in [0.3, 0.4) is 0 Å². The Labute approximate surface area is 96.5 Å². The zero-order valence-corrected chi connectivity index (χ0v) is 9.71. The van der Waals surface area contributed by atoms with Crippen LogP contribution in [0.5, 0.6) is 0 Å². The summed E-state index contributed by atoms with van der Waals surface area (Å²) in [6, 6.07) is 0. The summed E-state index contributed by atoms with van der Waals surface area (Å²) in [6.07, 6.45) is 8.37. The summed E-state index contributed by atoms with van der Waals surface area (Å²) in [5.41, 5.74) is 9.66. The number of nitrogens with zero attached hydrogens (tertiary/aromatic N) is 2. The largest absolute Gasteiger partial charge is 0.330 e. The number of aryl methyl sites for hydroxylation is 1. The van der Waals surface area contributed by atoms with Crippen molar-refractivity contribution in [1.29, 1.82) is 0 Å². The maximum Gasteiger partial charge on any atom is 0.131 e. The third-order valence-corrected chi connectivity index (χ3v) is 3.61. The summed E-state index contributed by atoms with van der Waals surface area (Å²) in [5, 5.41) is 0. The highest BCUT2D eigenvalue weighted by Crippen LogP contribution is 2.39. The lowest BCUT2D eigenvalue weighted by Crippen LogP contribution is -2.16. The van der Waals surface area contributed by atoms with Gasteiger partial charge in [-0.2, -0.15) is 0 Å². The second-order valence-electron chi connectivity index (χ2n) is 4.97. The first kappa shape index (κ1) is 10.2. The van der Waals surface area contributed by atoms with Gasteiger partial charge < -0.3 is 5.73 Å². The van der Waals surface area contributed by atoms with E-state index in [0.29, 0.717) is 12.5 Å². The predicted molar refractivity (Wildman–Crippen MR) is 63.4 cm³/mol. The van der Waals surface area contributed by atoms with E-state index in [1.54, 1.807) is 0 Å². The fourth-order valence-corrected chi connectivity index (χ4v) is 2.56. The second-order valence-corrected chi connectivity index (χ2v) is 4.97. The predicted octanol–water partition coefficient (Wildman–Crippen LogP) is 1.73. The Morgan fingerprint density at radius 3 is 2.69 bits per heavy atom. The molecule has 3 rings (SSSR count). The van der Waals surface area contributed by atoms with Gasteiger partial charge in [0.2, 0.25) is 0 Å². The van der Waals surface area contributed by atoms with Crippen molar-refractivity contribution in [3.05, 3.63) is 22.8 Å². The SMILES string of the molecule is NCCc1nc(C2CC2)nc2c1CCCC2. The molecule has 2 N–H and O–H groups in total. The van der Waals surface area contributed by atoms with Crippen LogP contribution in [0.4, 0.5) is 0 Å². The van der Waals surface area contributed by atoms with Gasteiger partial charge in [0.15, 0.2) is 0 Å². The van der Waals surface area contributed by atoms with E-state index < -0.39 is 0 Å². The summed E-state index contributed by atoms with van der Waals surface area (Å²) < 4.78 is 0. The fourth-order valence-electron chi connectivity index (χ4n) is 2.56. The van der Waals surface area contributed by atoms with Gasteiger partial charge >= 0.3 is 0 Å². The van der Waals surface area contributed by atoms with Crippen LogP contribution in [0.15, 0.2) is 0 Å². The highest BCUT2D eigenvalue weighted by molar-refractivity contribution is 5.30. The molecule has 0 saturated heterocycles. The van der Waals surface area contributed by atoms with Crippen molar-refractivity contribution in [2.45, 2.75) is 50.9 Å². The van der Waals surface area contributed by atoms with Crippen molar-refractivity contribution < 1.29 is 0 Å². The Morgan fingerprint density at radius 1 is 1.12 bits per heavy atom. The molecule has 0 aromatic carbocycles. The van der Waals surface area contributed by atoms with Gasteiger partial charge in [0.05, 0.1) is 0 Å². The Morgan fingerprint density at radius 2 is 1.94 bits per heavy atom. The van der Waals surface area contributed by atoms with Crippen LogP contribution in [0.1, 0.15) is 54.4 Å². The average molecular weight is 217 g/mol. The van der Waals surface area contributed by atoms with Gasteiger partial charge in [0, 0.05) is 23.7 Å². The van der Waals surface area contributed by atoms with E-state index in [1.807, 2.05) is 0 Å². The first-order valence-corrected chi connectivity index (χ1v) is 6.47. The molecule has 3 nitrogen and oxygen atoms in total. The summed E-state index contributed by atoms with van der Waals surface area (Å²) in [4.78, 5) is 9.51. The van der Waals surface area contributed by atoms with Crippen molar-refractivity contribution in [3.8, 4) is 0 Å². The van der Waals surface area contributed by atoms with Crippen LogP contribution in [-0.4, -0.2) is 16.5 Å². The second kappa shape index (κ2) is 4.13. The Bertz CT molecular complexity index is 396. The van der Waals surface area contributed by atoms with Crippen molar-refractivity contribution in [2.24, 2.45) is 5.73 Å². The monoisotopic (exact) mass is 217 g/mol.